The van der Waals surface area contributed by atoms with Crippen molar-refractivity contribution in [2.24, 2.45) is 29.4 Å². The van der Waals surface area contributed by atoms with Crippen LogP contribution < -0.4 is 5.73 Å². The van der Waals surface area contributed by atoms with Crippen LogP contribution in [0.15, 0.2) is 61.8 Å². The molecule has 0 spiro atoms. The number of hydrogen-bond donors (Lipinski definition) is 1. The van der Waals surface area contributed by atoms with Gasteiger partial charge in [0.1, 0.15) is 0 Å². The van der Waals surface area contributed by atoms with E-state index < -0.39 is 0 Å². The summed E-state index contributed by atoms with van der Waals surface area (Å²) in [6.45, 7) is 52.5. The third kappa shape index (κ3) is 42.8. The minimum atomic E-state index is 0.253. The molecule has 0 aliphatic heterocycles. The molecule has 0 aromatic rings. The maximum Gasteiger partial charge on any atom is 0.0276 e. The summed E-state index contributed by atoms with van der Waals surface area (Å²) in [6.07, 6.45) is 19.1. The Balaban J connectivity index is -0.0000000802. The Bertz CT molecular complexity index is 561. The van der Waals surface area contributed by atoms with E-state index in [1.807, 2.05) is 67.5 Å². The molecule has 0 amide bonds. The highest BCUT2D eigenvalue weighted by molar-refractivity contribution is 5.10. The third-order valence-corrected chi connectivity index (χ3v) is 7.67. The van der Waals surface area contributed by atoms with Crippen LogP contribution in [0.3, 0.4) is 0 Å². The topological polar surface area (TPSA) is 26.0 Å². The number of unbranched alkanes of at least 4 members (excludes halogenated alkanes) is 1. The molecule has 0 saturated heterocycles. The Morgan fingerprint density at radius 2 is 1.14 bits per heavy atom. The number of allylic oxidation sites excluding steroid dienone is 4. The van der Waals surface area contributed by atoms with Gasteiger partial charge in [-0.15, -0.1) is 6.58 Å². The van der Waals surface area contributed by atoms with E-state index >= 15 is 0 Å². The van der Waals surface area contributed by atoms with E-state index in [1.165, 1.54) is 69.8 Å². The van der Waals surface area contributed by atoms with E-state index in [0.717, 1.165) is 35.8 Å². The van der Waals surface area contributed by atoms with Gasteiger partial charge in [0.05, 0.1) is 0 Å². The molecule has 3 unspecified atom stereocenters. The molecule has 0 bridgehead atoms. The van der Waals surface area contributed by atoms with Crippen molar-refractivity contribution in [3.05, 3.63) is 61.8 Å². The van der Waals surface area contributed by atoms with Crippen LogP contribution >= 0.6 is 0 Å². The monoisotopic (exact) mass is 622 g/mol. The molecule has 0 radical (unpaired) electrons. The molecule has 4 atom stereocenters. The van der Waals surface area contributed by atoms with Crippen LogP contribution in [-0.4, -0.2) is 6.04 Å². The lowest BCUT2D eigenvalue weighted by Gasteiger charge is -2.28. The van der Waals surface area contributed by atoms with Gasteiger partial charge in [0.15, 0.2) is 0 Å². The molecule has 268 valence electrons. The van der Waals surface area contributed by atoms with Crippen LogP contribution in [0.1, 0.15) is 188 Å². The predicted octanol–water partition coefficient (Wildman–Crippen LogP) is 15.7. The molecule has 1 rings (SSSR count). The highest BCUT2D eigenvalue weighted by Gasteiger charge is 2.21. The summed E-state index contributed by atoms with van der Waals surface area (Å²) in [5.41, 5.74) is 9.71. The van der Waals surface area contributed by atoms with Crippen LogP contribution in [0.5, 0.6) is 0 Å². The number of rotatable bonds is 12. The maximum absolute atomic E-state index is 6.06. The molecular formula is C43H91N. The van der Waals surface area contributed by atoms with Crippen molar-refractivity contribution in [2.45, 2.75) is 194 Å². The zero-order valence-corrected chi connectivity index (χ0v) is 34.1. The molecule has 0 aromatic carbocycles. The molecular weight excluding hydrogens is 530 g/mol. The molecule has 1 aliphatic rings. The van der Waals surface area contributed by atoms with Crippen molar-refractivity contribution in [1.29, 1.82) is 0 Å². The number of hydrogen-bond acceptors (Lipinski definition) is 1. The second-order valence-corrected chi connectivity index (χ2v) is 10.9. The van der Waals surface area contributed by atoms with Crippen molar-refractivity contribution in [1.82, 2.24) is 0 Å². The van der Waals surface area contributed by atoms with Gasteiger partial charge in [-0.1, -0.05) is 197 Å². The Kier molecular flexibility index (Phi) is 67.8. The standard InChI is InChI=1S/C12H24.C11H21N.C8H14.C4H8.4C2H6/c1-7-10(5)12(8-2)11(6)9(3)4;1-9(2)11(12)10-7-5-3-4-6-8-10;1-4-6-7-8(3)5-2;1-3-4-2;4*1-2/h10-12H,3,7-8H2,1-2,4-6H3;10-11H,1,3-8,12H2,2H3;5H,2-4,6-7H2,1H3;3H,1,4H2,2H3;4*1-2H3/t10?,11?,12-;;;;;;;/m0......./s1. The van der Waals surface area contributed by atoms with E-state index in [1.54, 1.807) is 0 Å². The van der Waals surface area contributed by atoms with Gasteiger partial charge in [0.25, 0.3) is 0 Å². The minimum absolute atomic E-state index is 0.253. The van der Waals surface area contributed by atoms with Crippen LogP contribution in [0, 0.1) is 23.7 Å². The van der Waals surface area contributed by atoms with E-state index in [-0.39, 0.29) is 6.04 Å². The lowest BCUT2D eigenvalue weighted by molar-refractivity contribution is 0.268. The molecule has 1 nitrogen and oxygen atoms in total. The van der Waals surface area contributed by atoms with E-state index in [0.29, 0.717) is 11.8 Å². The number of nitrogens with two attached hydrogens (primary N) is 1. The van der Waals surface area contributed by atoms with E-state index in [4.69, 9.17) is 5.73 Å². The zero-order chi connectivity index (χ0) is 36.5. The molecule has 1 aliphatic carbocycles. The SMILES string of the molecule is C=C(C)C(C)[C@@H](CC)C(C)CC.C=C(C)C(N)C1CCCCCC1.C=CC(=C)CCCC.C=CCC.CC.CC.CC.CC. The normalized spacial score (nSPS) is 14.0. The first-order valence-corrected chi connectivity index (χ1v) is 19.0. The van der Waals surface area contributed by atoms with Crippen molar-refractivity contribution in [3.8, 4) is 0 Å². The van der Waals surface area contributed by atoms with Gasteiger partial charge in [-0.3, -0.25) is 0 Å². The second-order valence-electron chi connectivity index (χ2n) is 10.9. The summed E-state index contributed by atoms with van der Waals surface area (Å²) in [7, 11) is 0. The fourth-order valence-electron chi connectivity index (χ4n) is 4.50. The second kappa shape index (κ2) is 51.2. The van der Waals surface area contributed by atoms with Crippen molar-refractivity contribution < 1.29 is 0 Å². The first kappa shape index (κ1) is 58.2. The molecule has 2 N–H and O–H groups in total. The van der Waals surface area contributed by atoms with Gasteiger partial charge >= 0.3 is 0 Å². The lowest BCUT2D eigenvalue weighted by atomic mass is 9.77. The average molecular weight is 622 g/mol. The van der Waals surface area contributed by atoms with Crippen molar-refractivity contribution >= 4 is 0 Å². The summed E-state index contributed by atoms with van der Waals surface area (Å²) in [4.78, 5) is 0. The molecule has 1 heteroatoms. The van der Waals surface area contributed by atoms with Gasteiger partial charge in [-0.05, 0) is 69.6 Å². The lowest BCUT2D eigenvalue weighted by Crippen LogP contribution is -2.30. The zero-order valence-electron chi connectivity index (χ0n) is 34.1. The van der Waals surface area contributed by atoms with Crippen molar-refractivity contribution in [3.63, 3.8) is 0 Å². The fourth-order valence-corrected chi connectivity index (χ4v) is 4.50. The molecule has 0 heterocycles. The Hall–Kier alpha value is -1.34. The van der Waals surface area contributed by atoms with E-state index in [2.05, 4.69) is 88.3 Å². The van der Waals surface area contributed by atoms with Gasteiger partial charge in [-0.25, -0.2) is 0 Å². The molecule has 0 aromatic heterocycles. The Morgan fingerprint density at radius 3 is 1.39 bits per heavy atom. The van der Waals surface area contributed by atoms with Crippen LogP contribution in [0.25, 0.3) is 0 Å². The maximum atomic E-state index is 6.06. The van der Waals surface area contributed by atoms with Gasteiger partial charge < -0.3 is 5.73 Å². The summed E-state index contributed by atoms with van der Waals surface area (Å²) in [5, 5.41) is 0. The Morgan fingerprint density at radius 1 is 0.727 bits per heavy atom. The largest absolute Gasteiger partial charge is 0.324 e. The molecule has 1 fully saturated rings. The minimum Gasteiger partial charge on any atom is -0.324 e. The fraction of sp³-hybridized carbons (Fsp3) is 0.767. The van der Waals surface area contributed by atoms with Gasteiger partial charge in [0, 0.05) is 6.04 Å². The van der Waals surface area contributed by atoms with Gasteiger partial charge in [0.2, 0.25) is 0 Å². The Labute approximate surface area is 284 Å². The average Bonchev–Trinajstić information content (AvgIpc) is 3.37. The molecule has 1 saturated carbocycles. The molecule has 44 heavy (non-hydrogen) atoms. The van der Waals surface area contributed by atoms with Crippen LogP contribution in [0.2, 0.25) is 0 Å². The van der Waals surface area contributed by atoms with Crippen LogP contribution in [0.4, 0.5) is 0 Å². The summed E-state index contributed by atoms with van der Waals surface area (Å²) in [5.74, 6) is 3.06. The predicted molar refractivity (Wildman–Crippen MR) is 216 cm³/mol. The summed E-state index contributed by atoms with van der Waals surface area (Å²) < 4.78 is 0. The first-order valence-electron chi connectivity index (χ1n) is 19.0. The van der Waals surface area contributed by atoms with Gasteiger partial charge in [-0.2, -0.15) is 0 Å². The quantitative estimate of drug-likeness (QED) is 0.131. The summed E-state index contributed by atoms with van der Waals surface area (Å²) in [6, 6.07) is 0.253. The van der Waals surface area contributed by atoms with Crippen molar-refractivity contribution in [2.75, 3.05) is 0 Å². The highest BCUT2D eigenvalue weighted by Crippen LogP contribution is 2.30. The third-order valence-electron chi connectivity index (χ3n) is 7.67. The highest BCUT2D eigenvalue weighted by atomic mass is 14.6. The van der Waals surface area contributed by atoms with E-state index in [9.17, 15) is 0 Å². The smallest absolute Gasteiger partial charge is 0.0276 e. The first-order chi connectivity index (χ1) is 21.0. The summed E-state index contributed by atoms with van der Waals surface area (Å²) >= 11 is 0. The van der Waals surface area contributed by atoms with Crippen LogP contribution in [-0.2, 0) is 0 Å².